The summed E-state index contributed by atoms with van der Waals surface area (Å²) in [7, 11) is 1.55. The Kier molecular flexibility index (Phi) is 5.35. The summed E-state index contributed by atoms with van der Waals surface area (Å²) < 4.78 is 10.5. The lowest BCUT2D eigenvalue weighted by Crippen LogP contribution is -2.35. The first-order valence-electron chi connectivity index (χ1n) is 9.37. The highest BCUT2D eigenvalue weighted by molar-refractivity contribution is 7.15. The van der Waals surface area contributed by atoms with Crippen LogP contribution in [-0.2, 0) is 17.7 Å². The molecule has 7 nitrogen and oxygen atoms in total. The molecule has 4 rings (SSSR count). The number of nitrogens with zero attached hydrogens (tertiary/aromatic N) is 2. The van der Waals surface area contributed by atoms with Crippen molar-refractivity contribution in [1.82, 2.24) is 9.88 Å². The normalized spacial score (nSPS) is 13.1. The molecule has 0 atom stereocenters. The van der Waals surface area contributed by atoms with Gasteiger partial charge in [-0.3, -0.25) is 10.1 Å². The number of hydrogen-bond donors (Lipinski definition) is 1. The van der Waals surface area contributed by atoms with Crippen molar-refractivity contribution in [2.24, 2.45) is 0 Å². The number of fused-ring (bicyclic) bond motifs is 2. The number of hydrogen-bond acceptors (Lipinski definition) is 6. The highest BCUT2D eigenvalue weighted by Gasteiger charge is 2.25. The average Bonchev–Trinajstić information content (AvgIpc) is 3.14. The van der Waals surface area contributed by atoms with E-state index in [1.807, 2.05) is 36.4 Å². The lowest BCUT2D eigenvalue weighted by atomic mass is 10.1. The number of methoxy groups -OCH3 is 1. The molecule has 1 aliphatic rings. The van der Waals surface area contributed by atoms with E-state index in [4.69, 9.17) is 9.47 Å². The van der Waals surface area contributed by atoms with Crippen molar-refractivity contribution in [2.75, 3.05) is 25.6 Å². The third-order valence-electron chi connectivity index (χ3n) is 4.79. The monoisotopic (exact) mass is 411 g/mol. The number of aromatic nitrogens is 1. The number of amides is 2. The molecule has 1 N–H and O–H groups in total. The third kappa shape index (κ3) is 3.88. The van der Waals surface area contributed by atoms with Crippen LogP contribution in [0.5, 0.6) is 5.75 Å². The van der Waals surface area contributed by atoms with Gasteiger partial charge < -0.3 is 14.4 Å². The van der Waals surface area contributed by atoms with Gasteiger partial charge in [0.25, 0.3) is 5.91 Å². The molecule has 2 heterocycles. The van der Waals surface area contributed by atoms with E-state index in [2.05, 4.69) is 10.3 Å². The summed E-state index contributed by atoms with van der Waals surface area (Å²) in [5.74, 6) is 0.233. The van der Waals surface area contributed by atoms with E-state index in [0.29, 0.717) is 42.6 Å². The Bertz CT molecular complexity index is 1080. The van der Waals surface area contributed by atoms with Crippen LogP contribution in [0, 0.1) is 0 Å². The molecule has 8 heteroatoms. The highest BCUT2D eigenvalue weighted by Crippen LogP contribution is 2.31. The zero-order valence-corrected chi connectivity index (χ0v) is 17.0. The molecule has 0 fully saturated rings. The van der Waals surface area contributed by atoms with Gasteiger partial charge in [0.15, 0.2) is 5.13 Å². The summed E-state index contributed by atoms with van der Waals surface area (Å²) in [6.07, 6.45) is 0.317. The Labute approximate surface area is 172 Å². The summed E-state index contributed by atoms with van der Waals surface area (Å²) in [6.45, 7) is 3.14. The van der Waals surface area contributed by atoms with E-state index in [9.17, 15) is 9.59 Å². The molecule has 0 unspecified atom stereocenters. The molecular formula is C21H21N3O4S. The fourth-order valence-corrected chi connectivity index (χ4v) is 4.37. The van der Waals surface area contributed by atoms with Crippen molar-refractivity contribution in [3.8, 4) is 5.75 Å². The molecule has 0 radical (unpaired) electrons. The number of ether oxygens (including phenoxy) is 2. The lowest BCUT2D eigenvalue weighted by Gasteiger charge is -2.24. The van der Waals surface area contributed by atoms with Crippen LogP contribution in [0.3, 0.4) is 0 Å². The van der Waals surface area contributed by atoms with Gasteiger partial charge in [-0.1, -0.05) is 35.6 Å². The molecule has 1 aliphatic heterocycles. The van der Waals surface area contributed by atoms with E-state index in [1.165, 1.54) is 11.3 Å². The van der Waals surface area contributed by atoms with E-state index < -0.39 is 0 Å². The predicted molar refractivity (Wildman–Crippen MR) is 112 cm³/mol. The first-order chi connectivity index (χ1) is 14.1. The van der Waals surface area contributed by atoms with Crippen LogP contribution in [-0.4, -0.2) is 42.1 Å². The van der Waals surface area contributed by atoms with Crippen molar-refractivity contribution in [3.05, 3.63) is 52.5 Å². The molecule has 150 valence electrons. The van der Waals surface area contributed by atoms with Gasteiger partial charge in [0.1, 0.15) is 5.75 Å². The number of carbonyl (C=O) groups is 2. The molecule has 29 heavy (non-hydrogen) atoms. The maximum atomic E-state index is 12.9. The minimum absolute atomic E-state index is 0.277. The van der Waals surface area contributed by atoms with Crippen LogP contribution in [0.25, 0.3) is 10.8 Å². The SMILES string of the molecule is CCOC(=O)N1CCc2nc(NC(=O)c3cc4ccccc4cc3OC)sc2C1. The number of nitrogens with one attached hydrogen (secondary N) is 1. The van der Waals surface area contributed by atoms with Crippen LogP contribution < -0.4 is 10.1 Å². The van der Waals surface area contributed by atoms with Gasteiger partial charge in [-0.2, -0.15) is 0 Å². The maximum Gasteiger partial charge on any atom is 0.410 e. The quantitative estimate of drug-likeness (QED) is 0.700. The van der Waals surface area contributed by atoms with Gasteiger partial charge in [-0.05, 0) is 29.8 Å². The predicted octanol–water partition coefficient (Wildman–Crippen LogP) is 4.07. The van der Waals surface area contributed by atoms with Gasteiger partial charge in [0.2, 0.25) is 0 Å². The Morgan fingerprint density at radius 2 is 2.00 bits per heavy atom. The first kappa shape index (κ1) is 19.2. The van der Waals surface area contributed by atoms with Crippen LogP contribution in [0.1, 0.15) is 27.9 Å². The first-order valence-corrected chi connectivity index (χ1v) is 10.2. The summed E-state index contributed by atoms with van der Waals surface area (Å²) in [4.78, 5) is 32.0. The number of thiazole rings is 1. The van der Waals surface area contributed by atoms with Crippen LogP contribution in [0.15, 0.2) is 36.4 Å². The molecule has 0 aliphatic carbocycles. The largest absolute Gasteiger partial charge is 0.496 e. The molecular weight excluding hydrogens is 390 g/mol. The molecule has 3 aromatic rings. The van der Waals surface area contributed by atoms with Crippen molar-refractivity contribution in [3.63, 3.8) is 0 Å². The Morgan fingerprint density at radius 1 is 1.24 bits per heavy atom. The fourth-order valence-electron chi connectivity index (χ4n) is 3.35. The van der Waals surface area contributed by atoms with Crippen LogP contribution in [0.2, 0.25) is 0 Å². The van der Waals surface area contributed by atoms with Crippen molar-refractivity contribution in [2.45, 2.75) is 19.9 Å². The fraction of sp³-hybridized carbons (Fsp3) is 0.286. The summed E-state index contributed by atoms with van der Waals surface area (Å²) in [5, 5.41) is 5.36. The molecule has 2 aromatic carbocycles. The number of anilines is 1. The minimum Gasteiger partial charge on any atom is -0.496 e. The number of benzene rings is 2. The maximum absolute atomic E-state index is 12.9. The zero-order valence-electron chi connectivity index (χ0n) is 16.2. The van der Waals surface area contributed by atoms with E-state index in [0.717, 1.165) is 21.3 Å². The molecule has 0 saturated heterocycles. The second kappa shape index (κ2) is 8.08. The van der Waals surface area contributed by atoms with Gasteiger partial charge in [0.05, 0.1) is 31.5 Å². The van der Waals surface area contributed by atoms with E-state index >= 15 is 0 Å². The molecule has 0 saturated carbocycles. The van der Waals surface area contributed by atoms with Crippen molar-refractivity contribution < 1.29 is 19.1 Å². The van der Waals surface area contributed by atoms with Gasteiger partial charge in [-0.25, -0.2) is 9.78 Å². The highest BCUT2D eigenvalue weighted by atomic mass is 32.1. The number of carbonyl (C=O) groups excluding carboxylic acids is 2. The van der Waals surface area contributed by atoms with Crippen LogP contribution >= 0.6 is 11.3 Å². The Morgan fingerprint density at radius 3 is 2.72 bits per heavy atom. The van der Waals surface area contributed by atoms with E-state index in [-0.39, 0.29) is 12.0 Å². The topological polar surface area (TPSA) is 80.8 Å². The zero-order chi connectivity index (χ0) is 20.4. The second-order valence-electron chi connectivity index (χ2n) is 6.61. The van der Waals surface area contributed by atoms with Crippen molar-refractivity contribution in [1.29, 1.82) is 0 Å². The standard InChI is InChI=1S/C21H21N3O4S/c1-3-28-21(26)24-9-8-16-18(12-24)29-20(22-16)23-19(25)15-10-13-6-4-5-7-14(13)11-17(15)27-2/h4-7,10-11H,3,8-9,12H2,1-2H3,(H,22,23,25). The van der Waals surface area contributed by atoms with Gasteiger partial charge >= 0.3 is 6.09 Å². The third-order valence-corrected chi connectivity index (χ3v) is 5.79. The second-order valence-corrected chi connectivity index (χ2v) is 7.70. The number of rotatable bonds is 4. The Balaban J connectivity index is 1.54. The van der Waals surface area contributed by atoms with E-state index in [1.54, 1.807) is 18.9 Å². The Hall–Kier alpha value is -3.13. The van der Waals surface area contributed by atoms with Crippen molar-refractivity contribution >= 4 is 39.2 Å². The molecule has 1 aromatic heterocycles. The van der Waals surface area contributed by atoms with Gasteiger partial charge in [-0.15, -0.1) is 0 Å². The minimum atomic E-state index is -0.321. The summed E-state index contributed by atoms with van der Waals surface area (Å²) in [6, 6.07) is 11.5. The van der Waals surface area contributed by atoms with Crippen LogP contribution in [0.4, 0.5) is 9.93 Å². The summed E-state index contributed by atoms with van der Waals surface area (Å²) >= 11 is 1.38. The molecule has 2 amide bonds. The lowest BCUT2D eigenvalue weighted by molar-refractivity contribution is 0.102. The average molecular weight is 411 g/mol. The summed E-state index contributed by atoms with van der Waals surface area (Å²) in [5.41, 5.74) is 1.36. The molecule has 0 bridgehead atoms. The smallest absolute Gasteiger partial charge is 0.410 e. The van der Waals surface area contributed by atoms with Gasteiger partial charge in [0, 0.05) is 17.8 Å². The molecule has 0 spiro atoms.